The van der Waals surface area contributed by atoms with E-state index >= 15 is 0 Å². The molecular weight excluding hydrogens is 507 g/mol. The van der Waals surface area contributed by atoms with Crippen molar-refractivity contribution in [2.24, 2.45) is 5.10 Å². The lowest BCUT2D eigenvalue weighted by Gasteiger charge is -2.09. The molecule has 3 rings (SSSR count). The molecule has 0 heterocycles. The fraction of sp³-hybridized carbons (Fsp3) is 0.160. The van der Waals surface area contributed by atoms with Gasteiger partial charge in [-0.25, -0.2) is 14.6 Å². The molecule has 34 heavy (non-hydrogen) atoms. The molecule has 0 bridgehead atoms. The van der Waals surface area contributed by atoms with Crippen LogP contribution in [0.5, 0.6) is 17.2 Å². The van der Waals surface area contributed by atoms with E-state index in [2.05, 4.69) is 26.5 Å². The maximum absolute atomic E-state index is 12.9. The Morgan fingerprint density at radius 1 is 1.00 bits per heavy atom. The monoisotopic (exact) mass is 528 g/mol. The Balaban J connectivity index is 1.59. The highest BCUT2D eigenvalue weighted by molar-refractivity contribution is 9.10. The van der Waals surface area contributed by atoms with Gasteiger partial charge in [0, 0.05) is 10.0 Å². The number of carbonyl (C=O) groups excluding carboxylic acids is 2. The highest BCUT2D eigenvalue weighted by atomic mass is 79.9. The quantitative estimate of drug-likeness (QED) is 0.171. The lowest BCUT2D eigenvalue weighted by atomic mass is 10.2. The normalized spacial score (nSPS) is 10.7. The second-order valence-corrected chi connectivity index (χ2v) is 7.90. The summed E-state index contributed by atoms with van der Waals surface area (Å²) in [5.74, 6) is -0.166. The van der Waals surface area contributed by atoms with Crippen molar-refractivity contribution in [3.8, 4) is 17.2 Å². The first kappa shape index (κ1) is 24.9. The Bertz CT molecular complexity index is 1150. The van der Waals surface area contributed by atoms with Crippen molar-refractivity contribution in [3.05, 3.63) is 88.1 Å². The summed E-state index contributed by atoms with van der Waals surface area (Å²) >= 11 is 3.36. The van der Waals surface area contributed by atoms with Crippen molar-refractivity contribution in [2.45, 2.75) is 13.3 Å². The van der Waals surface area contributed by atoms with Gasteiger partial charge in [0.15, 0.2) is 6.61 Å². The van der Waals surface area contributed by atoms with Gasteiger partial charge in [0.05, 0.1) is 18.4 Å². The molecule has 3 aromatic rings. The predicted octanol–water partition coefficient (Wildman–Crippen LogP) is 5.13. The minimum atomic E-state index is -0.546. The Kier molecular flexibility index (Phi) is 9.16. The molecule has 176 valence electrons. The molecule has 0 radical (unpaired) electrons. The van der Waals surface area contributed by atoms with Gasteiger partial charge in [-0.05, 0) is 73.2 Å². The van der Waals surface area contributed by atoms with Crippen LogP contribution in [-0.2, 0) is 4.79 Å². The predicted molar refractivity (Wildman–Crippen MR) is 129 cm³/mol. The van der Waals surface area contributed by atoms with E-state index in [9.17, 15) is 14.0 Å². The van der Waals surface area contributed by atoms with Crippen molar-refractivity contribution in [1.82, 2.24) is 5.43 Å². The number of nitrogens with one attached hydrogen (secondary N) is 1. The first-order valence-corrected chi connectivity index (χ1v) is 11.2. The third kappa shape index (κ3) is 7.70. The van der Waals surface area contributed by atoms with Crippen LogP contribution in [0.1, 0.15) is 29.3 Å². The molecule has 3 aromatic carbocycles. The highest BCUT2D eigenvalue weighted by Gasteiger charge is 2.12. The molecule has 0 saturated heterocycles. The number of amides is 1. The van der Waals surface area contributed by atoms with Gasteiger partial charge in [-0.1, -0.05) is 22.9 Å². The van der Waals surface area contributed by atoms with Gasteiger partial charge in [0.2, 0.25) is 0 Å². The molecule has 0 aliphatic carbocycles. The van der Waals surface area contributed by atoms with Gasteiger partial charge < -0.3 is 14.2 Å². The number of esters is 1. The van der Waals surface area contributed by atoms with E-state index in [-0.39, 0.29) is 12.4 Å². The highest BCUT2D eigenvalue weighted by Crippen LogP contribution is 2.23. The van der Waals surface area contributed by atoms with Crippen LogP contribution in [0.15, 0.2) is 76.3 Å². The average Bonchev–Trinajstić information content (AvgIpc) is 2.84. The number of benzene rings is 3. The zero-order chi connectivity index (χ0) is 24.3. The lowest BCUT2D eigenvalue weighted by Crippen LogP contribution is -2.24. The number of nitrogens with zero attached hydrogens (tertiary/aromatic N) is 1. The zero-order valence-corrected chi connectivity index (χ0v) is 19.9. The van der Waals surface area contributed by atoms with E-state index in [4.69, 9.17) is 14.2 Å². The Morgan fingerprint density at radius 3 is 2.38 bits per heavy atom. The van der Waals surface area contributed by atoms with E-state index in [0.29, 0.717) is 29.2 Å². The van der Waals surface area contributed by atoms with E-state index in [1.807, 2.05) is 6.92 Å². The molecule has 9 heteroatoms. The number of hydrogen-bond donors (Lipinski definition) is 1. The molecule has 1 N–H and O–H groups in total. The Hall–Kier alpha value is -3.72. The molecule has 0 unspecified atom stereocenters. The van der Waals surface area contributed by atoms with Crippen LogP contribution in [-0.4, -0.2) is 31.3 Å². The van der Waals surface area contributed by atoms with Gasteiger partial charge in [0.25, 0.3) is 5.91 Å². The van der Waals surface area contributed by atoms with Gasteiger partial charge >= 0.3 is 5.97 Å². The molecule has 0 aromatic heterocycles. The smallest absolute Gasteiger partial charge is 0.343 e. The molecule has 1 amide bonds. The summed E-state index contributed by atoms with van der Waals surface area (Å²) in [6.07, 6.45) is 2.24. The summed E-state index contributed by atoms with van der Waals surface area (Å²) in [6, 6.07) is 17.0. The van der Waals surface area contributed by atoms with Crippen molar-refractivity contribution < 1.29 is 28.2 Å². The fourth-order valence-corrected chi connectivity index (χ4v) is 3.04. The number of ether oxygens (including phenoxy) is 3. The average molecular weight is 529 g/mol. The molecule has 0 spiro atoms. The summed E-state index contributed by atoms with van der Waals surface area (Å²) in [4.78, 5) is 24.5. The van der Waals surface area contributed by atoms with Gasteiger partial charge in [0.1, 0.15) is 23.1 Å². The third-order valence-electron chi connectivity index (χ3n) is 4.31. The molecule has 0 aliphatic heterocycles. The van der Waals surface area contributed by atoms with Crippen molar-refractivity contribution >= 4 is 34.0 Å². The summed E-state index contributed by atoms with van der Waals surface area (Å²) < 4.78 is 29.9. The van der Waals surface area contributed by atoms with Crippen LogP contribution in [0.25, 0.3) is 0 Å². The van der Waals surface area contributed by atoms with Crippen LogP contribution in [0, 0.1) is 5.82 Å². The third-order valence-corrected chi connectivity index (χ3v) is 4.81. The second kappa shape index (κ2) is 12.5. The van der Waals surface area contributed by atoms with Gasteiger partial charge in [-0.15, -0.1) is 0 Å². The van der Waals surface area contributed by atoms with Crippen LogP contribution in [0.2, 0.25) is 0 Å². The van der Waals surface area contributed by atoms with E-state index in [1.165, 1.54) is 30.5 Å². The minimum absolute atomic E-state index is 0.264. The summed E-state index contributed by atoms with van der Waals surface area (Å²) in [6.45, 7) is 2.31. The molecule has 7 nitrogen and oxygen atoms in total. The van der Waals surface area contributed by atoms with Crippen molar-refractivity contribution in [1.29, 1.82) is 0 Å². The molecular formula is C25H22BrFN2O5. The maximum atomic E-state index is 12.9. The number of hydrazone groups is 1. The Labute approximate surface area is 204 Å². The second-order valence-electron chi connectivity index (χ2n) is 6.98. The molecule has 0 aliphatic rings. The summed E-state index contributed by atoms with van der Waals surface area (Å²) in [5.41, 5.74) is 3.15. The molecule has 0 fully saturated rings. The van der Waals surface area contributed by atoms with Gasteiger partial charge in [-0.2, -0.15) is 5.10 Å². The SMILES string of the molecule is CCCOc1ccc(C(=O)Oc2ccc(Br)cc2/C=N/NC(=O)COc2ccc(F)cc2)cc1. The number of hydrogen-bond acceptors (Lipinski definition) is 6. The number of rotatable bonds is 10. The largest absolute Gasteiger partial charge is 0.494 e. The van der Waals surface area contributed by atoms with Crippen molar-refractivity contribution in [2.75, 3.05) is 13.2 Å². The van der Waals surface area contributed by atoms with E-state index in [0.717, 1.165) is 10.9 Å². The molecule has 0 atom stereocenters. The lowest BCUT2D eigenvalue weighted by molar-refractivity contribution is -0.123. The fourth-order valence-electron chi connectivity index (χ4n) is 2.66. The van der Waals surface area contributed by atoms with Crippen LogP contribution in [0.3, 0.4) is 0 Å². The Morgan fingerprint density at radius 2 is 1.68 bits per heavy atom. The zero-order valence-electron chi connectivity index (χ0n) is 18.3. The standard InChI is InChI=1S/C25H22BrFN2O5/c1-2-13-32-21-8-3-17(4-9-21)25(31)34-23-12-5-19(26)14-18(23)15-28-29-24(30)16-33-22-10-6-20(27)7-11-22/h3-12,14-15H,2,13,16H2,1H3,(H,29,30)/b28-15+. The van der Waals surface area contributed by atoms with Crippen LogP contribution < -0.4 is 19.6 Å². The molecule has 0 saturated carbocycles. The van der Waals surface area contributed by atoms with Crippen LogP contribution in [0.4, 0.5) is 4.39 Å². The summed E-state index contributed by atoms with van der Waals surface area (Å²) in [7, 11) is 0. The first-order valence-electron chi connectivity index (χ1n) is 10.4. The minimum Gasteiger partial charge on any atom is -0.494 e. The van der Waals surface area contributed by atoms with Gasteiger partial charge in [-0.3, -0.25) is 4.79 Å². The van der Waals surface area contributed by atoms with Crippen molar-refractivity contribution in [3.63, 3.8) is 0 Å². The van der Waals surface area contributed by atoms with E-state index < -0.39 is 17.7 Å². The maximum Gasteiger partial charge on any atom is 0.343 e. The topological polar surface area (TPSA) is 86.2 Å². The summed E-state index contributed by atoms with van der Waals surface area (Å²) in [5, 5.41) is 3.90. The number of carbonyl (C=O) groups is 2. The first-order chi connectivity index (χ1) is 16.4. The van der Waals surface area contributed by atoms with Crippen LogP contribution >= 0.6 is 15.9 Å². The van der Waals surface area contributed by atoms with E-state index in [1.54, 1.807) is 42.5 Å². The number of halogens is 2.